The summed E-state index contributed by atoms with van der Waals surface area (Å²) >= 11 is 0. The van der Waals surface area contributed by atoms with Crippen molar-refractivity contribution >= 4 is 22.0 Å². The van der Waals surface area contributed by atoms with E-state index in [4.69, 9.17) is 10.00 Å². The van der Waals surface area contributed by atoms with Crippen LogP contribution in [0, 0.1) is 11.3 Å². The van der Waals surface area contributed by atoms with Gasteiger partial charge in [-0.25, -0.2) is 13.2 Å². The van der Waals surface area contributed by atoms with Gasteiger partial charge in [-0.1, -0.05) is 25.5 Å². The molecule has 1 atom stereocenters. The Morgan fingerprint density at radius 1 is 1.20 bits per heavy atom. The number of sulfonamides is 1. The Balaban J connectivity index is 2.08. The zero-order valence-corrected chi connectivity index (χ0v) is 18.2. The van der Waals surface area contributed by atoms with Crippen LogP contribution in [-0.4, -0.2) is 74.7 Å². The Hall–Kier alpha value is -2.64. The fourth-order valence-electron chi connectivity index (χ4n) is 3.10. The van der Waals surface area contributed by atoms with E-state index in [2.05, 4.69) is 5.32 Å². The third-order valence-electron chi connectivity index (χ3n) is 4.86. The Morgan fingerprint density at radius 2 is 1.83 bits per heavy atom. The van der Waals surface area contributed by atoms with Gasteiger partial charge in [0.1, 0.15) is 6.04 Å². The number of alkyl carbamates (subject to hydrolysis) is 1. The number of benzene rings is 1. The van der Waals surface area contributed by atoms with Gasteiger partial charge < -0.3 is 15.0 Å². The average Bonchev–Trinajstić information content (AvgIpc) is 2.73. The van der Waals surface area contributed by atoms with Crippen LogP contribution in [0.2, 0.25) is 0 Å². The van der Waals surface area contributed by atoms with E-state index in [-0.39, 0.29) is 45.1 Å². The summed E-state index contributed by atoms with van der Waals surface area (Å²) in [7, 11) is -3.30. The third kappa shape index (κ3) is 7.00. The summed E-state index contributed by atoms with van der Waals surface area (Å²) in [6, 6.07) is 7.98. The SMILES string of the molecule is CCCCOC(=O)N[C@@H](Cc1ccc(C#N)cc1)C(=O)N1CCN(S(C)(=O)=O)CC1. The molecule has 1 aliphatic rings. The van der Waals surface area contributed by atoms with Gasteiger partial charge in [0.05, 0.1) is 24.5 Å². The molecule has 1 aromatic rings. The minimum absolute atomic E-state index is 0.217. The molecule has 164 valence electrons. The summed E-state index contributed by atoms with van der Waals surface area (Å²) in [6.45, 7) is 3.19. The second-order valence-corrected chi connectivity index (χ2v) is 9.17. The van der Waals surface area contributed by atoms with E-state index < -0.39 is 22.2 Å². The fourth-order valence-corrected chi connectivity index (χ4v) is 3.93. The lowest BCUT2D eigenvalue weighted by molar-refractivity contribution is -0.134. The Bertz CT molecular complexity index is 871. The smallest absolute Gasteiger partial charge is 0.407 e. The summed E-state index contributed by atoms with van der Waals surface area (Å²) in [6.07, 6.45) is 2.33. The van der Waals surface area contributed by atoms with E-state index in [1.807, 2.05) is 13.0 Å². The van der Waals surface area contributed by atoms with E-state index in [0.29, 0.717) is 5.56 Å². The number of amides is 2. The van der Waals surface area contributed by atoms with E-state index >= 15 is 0 Å². The minimum atomic E-state index is -3.30. The monoisotopic (exact) mass is 436 g/mol. The van der Waals surface area contributed by atoms with Gasteiger partial charge in [-0.2, -0.15) is 9.57 Å². The third-order valence-corrected chi connectivity index (χ3v) is 6.17. The second-order valence-electron chi connectivity index (χ2n) is 7.19. The quantitative estimate of drug-likeness (QED) is 0.610. The van der Waals surface area contributed by atoms with E-state index in [9.17, 15) is 18.0 Å². The Kier molecular flexibility index (Phi) is 8.62. The molecule has 0 unspecified atom stereocenters. The van der Waals surface area contributed by atoms with Gasteiger partial charge in [-0.05, 0) is 24.1 Å². The molecule has 1 aliphatic heterocycles. The number of carbonyl (C=O) groups excluding carboxylic acids is 2. The zero-order chi connectivity index (χ0) is 22.1. The van der Waals surface area contributed by atoms with Crippen LogP contribution in [0.5, 0.6) is 0 Å². The van der Waals surface area contributed by atoms with Gasteiger partial charge in [0.15, 0.2) is 0 Å². The van der Waals surface area contributed by atoms with E-state index in [0.717, 1.165) is 24.7 Å². The molecule has 2 rings (SSSR count). The van der Waals surface area contributed by atoms with Gasteiger partial charge in [0, 0.05) is 32.6 Å². The number of nitrogens with zero attached hydrogens (tertiary/aromatic N) is 3. The van der Waals surface area contributed by atoms with E-state index in [1.165, 1.54) is 4.31 Å². The van der Waals surface area contributed by atoms with Crippen LogP contribution in [0.1, 0.15) is 30.9 Å². The predicted molar refractivity (Wildman–Crippen MR) is 111 cm³/mol. The molecule has 0 bridgehead atoms. The van der Waals surface area contributed by atoms with Crippen LogP contribution < -0.4 is 5.32 Å². The first-order valence-electron chi connectivity index (χ1n) is 9.90. The molecule has 1 N–H and O–H groups in total. The molecule has 1 aromatic carbocycles. The van der Waals surface area contributed by atoms with E-state index in [1.54, 1.807) is 29.2 Å². The maximum atomic E-state index is 13.1. The standard InChI is InChI=1S/C20H28N4O5S/c1-3-4-13-29-20(26)22-18(14-16-5-7-17(15-21)8-6-16)19(25)23-9-11-24(12-10-23)30(2,27)28/h5-8,18H,3-4,9-14H2,1-2H3,(H,22,26)/t18-/m0/s1. The summed E-state index contributed by atoms with van der Waals surface area (Å²) in [5.41, 5.74) is 1.29. The van der Waals surface area contributed by atoms with Crippen molar-refractivity contribution in [3.63, 3.8) is 0 Å². The largest absolute Gasteiger partial charge is 0.450 e. The van der Waals surface area contributed by atoms with Crippen LogP contribution in [0.4, 0.5) is 4.79 Å². The average molecular weight is 437 g/mol. The van der Waals surface area contributed by atoms with Gasteiger partial charge in [-0.3, -0.25) is 4.79 Å². The van der Waals surface area contributed by atoms with Crippen LogP contribution in [0.15, 0.2) is 24.3 Å². The molecule has 2 amide bonds. The lowest BCUT2D eigenvalue weighted by atomic mass is 10.0. The number of unbranched alkanes of at least 4 members (excludes halogenated alkanes) is 1. The maximum Gasteiger partial charge on any atom is 0.407 e. The molecule has 1 heterocycles. The van der Waals surface area contributed by atoms with Crippen LogP contribution in [-0.2, 0) is 26.0 Å². The van der Waals surface area contributed by atoms with Crippen LogP contribution >= 0.6 is 0 Å². The molecule has 30 heavy (non-hydrogen) atoms. The van der Waals surface area contributed by atoms with Gasteiger partial charge in [-0.15, -0.1) is 0 Å². The van der Waals surface area contributed by atoms with Gasteiger partial charge >= 0.3 is 6.09 Å². The summed E-state index contributed by atoms with van der Waals surface area (Å²) in [5.74, 6) is -0.292. The number of hydrogen-bond acceptors (Lipinski definition) is 6. The number of nitrogens with one attached hydrogen (secondary N) is 1. The highest BCUT2D eigenvalue weighted by Crippen LogP contribution is 2.12. The van der Waals surface area contributed by atoms with Crippen LogP contribution in [0.25, 0.3) is 0 Å². The van der Waals surface area contributed by atoms with Crippen molar-refractivity contribution in [2.75, 3.05) is 39.0 Å². The molecule has 9 nitrogen and oxygen atoms in total. The van der Waals surface area contributed by atoms with Crippen molar-refractivity contribution in [1.29, 1.82) is 5.26 Å². The van der Waals surface area contributed by atoms with Crippen molar-refractivity contribution in [2.45, 2.75) is 32.2 Å². The fraction of sp³-hybridized carbons (Fsp3) is 0.550. The molecule has 1 saturated heterocycles. The molecule has 0 aromatic heterocycles. The maximum absolute atomic E-state index is 13.1. The highest BCUT2D eigenvalue weighted by molar-refractivity contribution is 7.88. The molecule has 0 saturated carbocycles. The molecule has 0 aliphatic carbocycles. The number of rotatable bonds is 8. The highest BCUT2D eigenvalue weighted by Gasteiger charge is 2.31. The number of carbonyl (C=O) groups is 2. The first-order valence-corrected chi connectivity index (χ1v) is 11.8. The van der Waals surface area contributed by atoms with Crippen molar-refractivity contribution in [3.8, 4) is 6.07 Å². The van der Waals surface area contributed by atoms with Crippen molar-refractivity contribution in [2.24, 2.45) is 0 Å². The minimum Gasteiger partial charge on any atom is -0.450 e. The van der Waals surface area contributed by atoms with Gasteiger partial charge in [0.25, 0.3) is 0 Å². The van der Waals surface area contributed by atoms with Crippen LogP contribution in [0.3, 0.4) is 0 Å². The normalized spacial score (nSPS) is 15.8. The first-order chi connectivity index (χ1) is 14.2. The zero-order valence-electron chi connectivity index (χ0n) is 17.3. The Labute approximate surface area is 177 Å². The topological polar surface area (TPSA) is 120 Å². The predicted octanol–water partition coefficient (Wildman–Crippen LogP) is 1.10. The lowest BCUT2D eigenvalue weighted by Gasteiger charge is -2.35. The van der Waals surface area contributed by atoms with Crippen molar-refractivity contribution in [1.82, 2.24) is 14.5 Å². The number of ether oxygens (including phenoxy) is 1. The van der Waals surface area contributed by atoms with Crippen molar-refractivity contribution < 1.29 is 22.7 Å². The number of nitriles is 1. The molecular weight excluding hydrogens is 408 g/mol. The van der Waals surface area contributed by atoms with Gasteiger partial charge in [0.2, 0.25) is 15.9 Å². The molecule has 10 heteroatoms. The summed E-state index contributed by atoms with van der Waals surface area (Å²) in [4.78, 5) is 26.8. The number of piperazine rings is 1. The lowest BCUT2D eigenvalue weighted by Crippen LogP contribution is -2.56. The highest BCUT2D eigenvalue weighted by atomic mass is 32.2. The Morgan fingerprint density at radius 3 is 2.37 bits per heavy atom. The van der Waals surface area contributed by atoms with Crippen molar-refractivity contribution in [3.05, 3.63) is 35.4 Å². The summed E-state index contributed by atoms with van der Waals surface area (Å²) in [5, 5.41) is 11.6. The molecular formula is C20H28N4O5S. The molecule has 0 spiro atoms. The molecule has 0 radical (unpaired) electrons. The summed E-state index contributed by atoms with van der Waals surface area (Å²) < 4.78 is 29.8. The number of hydrogen-bond donors (Lipinski definition) is 1. The second kappa shape index (κ2) is 10.9. The molecule has 1 fully saturated rings. The first kappa shape index (κ1) is 23.6.